The highest BCUT2D eigenvalue weighted by atomic mass is 16.4. The molecule has 0 aliphatic carbocycles. The summed E-state index contributed by atoms with van der Waals surface area (Å²) in [6.07, 6.45) is 2.77. The number of aromatic amines is 1. The highest BCUT2D eigenvalue weighted by Crippen LogP contribution is 2.23. The molecule has 4 amide bonds. The summed E-state index contributed by atoms with van der Waals surface area (Å²) in [5, 5.41) is 28.6. The second-order valence-electron chi connectivity index (χ2n) is 12.1. The minimum Gasteiger partial charge on any atom is -0.508 e. The van der Waals surface area contributed by atoms with Crippen molar-refractivity contribution in [1.29, 1.82) is 0 Å². The van der Waals surface area contributed by atoms with Gasteiger partial charge in [-0.15, -0.1) is 0 Å². The van der Waals surface area contributed by atoms with Crippen molar-refractivity contribution in [2.24, 2.45) is 5.73 Å². The van der Waals surface area contributed by atoms with Crippen LogP contribution in [0.25, 0.3) is 10.9 Å². The number of phenolic OH excluding ortho intramolecular Hbond substituents is 1. The summed E-state index contributed by atoms with van der Waals surface area (Å²) in [7, 11) is 0. The lowest BCUT2D eigenvalue weighted by Crippen LogP contribution is -2.58. The number of nitrogens with two attached hydrogens (primary N) is 1. The van der Waals surface area contributed by atoms with Crippen LogP contribution < -0.4 is 21.7 Å². The predicted molar refractivity (Wildman–Crippen MR) is 181 cm³/mol. The van der Waals surface area contributed by atoms with Crippen molar-refractivity contribution in [3.63, 3.8) is 0 Å². The third-order valence-electron chi connectivity index (χ3n) is 8.66. The largest absolute Gasteiger partial charge is 0.508 e. The van der Waals surface area contributed by atoms with Crippen LogP contribution in [0.3, 0.4) is 0 Å². The zero-order chi connectivity index (χ0) is 34.9. The van der Waals surface area contributed by atoms with Gasteiger partial charge in [0, 0.05) is 42.9 Å². The fraction of sp³-hybridized carbons (Fsp3) is 0.306. The standard InChI is InChI=1S/C36H40N6O7/c37-20-32(44)39-29(17-23-12-14-25(43)15-13-23)35(47)42-16-6-11-31(42)34(46)40-28(19-24-21-38-27-10-5-4-9-26(24)27)33(45)41-30(36(48)49)18-22-7-2-1-3-8-22/h1-5,7-10,12-15,21,28-31,38,43H,6,11,16-20,37H2,(H,39,44)(H,40,46)(H,41,45)(H,48,49)/t28-,29+,30+,31-/m0/s1. The molecule has 1 fully saturated rings. The average molecular weight is 669 g/mol. The van der Waals surface area contributed by atoms with Gasteiger partial charge in [0.1, 0.15) is 29.9 Å². The fourth-order valence-electron chi connectivity index (χ4n) is 6.14. The Morgan fingerprint density at radius 2 is 1.49 bits per heavy atom. The molecule has 3 aromatic carbocycles. The number of carbonyl (C=O) groups is 5. The molecule has 0 spiro atoms. The summed E-state index contributed by atoms with van der Waals surface area (Å²) in [4.78, 5) is 70.7. The van der Waals surface area contributed by atoms with E-state index >= 15 is 0 Å². The van der Waals surface area contributed by atoms with Crippen molar-refractivity contribution in [1.82, 2.24) is 25.8 Å². The van der Waals surface area contributed by atoms with Crippen LogP contribution in [0.2, 0.25) is 0 Å². The molecule has 5 rings (SSSR count). The molecule has 0 radical (unpaired) electrons. The molecule has 8 N–H and O–H groups in total. The summed E-state index contributed by atoms with van der Waals surface area (Å²) in [5.74, 6) is -3.46. The van der Waals surface area contributed by atoms with E-state index in [1.807, 2.05) is 30.3 Å². The van der Waals surface area contributed by atoms with Gasteiger partial charge in [-0.05, 0) is 47.7 Å². The van der Waals surface area contributed by atoms with E-state index in [0.717, 1.165) is 22.0 Å². The van der Waals surface area contributed by atoms with Crippen LogP contribution in [0.5, 0.6) is 5.75 Å². The molecule has 4 aromatic rings. The first kappa shape index (κ1) is 34.6. The van der Waals surface area contributed by atoms with Gasteiger partial charge >= 0.3 is 5.97 Å². The molecule has 0 bridgehead atoms. The molecule has 49 heavy (non-hydrogen) atoms. The number of carbonyl (C=O) groups excluding carboxylic acids is 4. The third kappa shape index (κ3) is 8.82. The molecule has 1 aliphatic rings. The lowest BCUT2D eigenvalue weighted by atomic mass is 10.0. The number of carboxylic acids is 1. The molecule has 2 heterocycles. The van der Waals surface area contributed by atoms with E-state index in [4.69, 9.17) is 5.73 Å². The number of amides is 4. The zero-order valence-electron chi connectivity index (χ0n) is 26.8. The lowest BCUT2D eigenvalue weighted by Gasteiger charge is -2.30. The number of aliphatic carboxylic acids is 1. The Hall–Kier alpha value is -5.69. The molecule has 1 aromatic heterocycles. The van der Waals surface area contributed by atoms with Gasteiger partial charge in [-0.25, -0.2) is 4.79 Å². The van der Waals surface area contributed by atoms with Gasteiger partial charge in [-0.2, -0.15) is 0 Å². The number of fused-ring (bicyclic) bond motifs is 1. The van der Waals surface area contributed by atoms with Crippen molar-refractivity contribution >= 4 is 40.5 Å². The maximum Gasteiger partial charge on any atom is 0.326 e. The first-order chi connectivity index (χ1) is 23.6. The van der Waals surface area contributed by atoms with Crippen molar-refractivity contribution < 1.29 is 34.2 Å². The number of aromatic hydroxyl groups is 1. The first-order valence-corrected chi connectivity index (χ1v) is 16.1. The van der Waals surface area contributed by atoms with E-state index in [1.54, 1.807) is 42.6 Å². The van der Waals surface area contributed by atoms with E-state index in [2.05, 4.69) is 20.9 Å². The van der Waals surface area contributed by atoms with E-state index in [1.165, 1.54) is 17.0 Å². The first-order valence-electron chi connectivity index (χ1n) is 16.1. The van der Waals surface area contributed by atoms with Gasteiger partial charge in [0.05, 0.1) is 6.54 Å². The molecule has 13 nitrogen and oxygen atoms in total. The number of likely N-dealkylation sites (tertiary alicyclic amines) is 1. The summed E-state index contributed by atoms with van der Waals surface area (Å²) >= 11 is 0. The van der Waals surface area contributed by atoms with E-state index in [0.29, 0.717) is 18.4 Å². The van der Waals surface area contributed by atoms with E-state index < -0.39 is 53.8 Å². The van der Waals surface area contributed by atoms with Crippen LogP contribution in [-0.2, 0) is 43.2 Å². The van der Waals surface area contributed by atoms with Crippen molar-refractivity contribution in [2.75, 3.05) is 13.1 Å². The number of phenols is 1. The Morgan fingerprint density at radius 3 is 2.20 bits per heavy atom. The van der Waals surface area contributed by atoms with E-state index in [-0.39, 0.29) is 38.1 Å². The van der Waals surface area contributed by atoms with Gasteiger partial charge in [0.25, 0.3) is 0 Å². The number of aromatic nitrogens is 1. The molecule has 0 unspecified atom stereocenters. The van der Waals surface area contributed by atoms with Gasteiger partial charge < -0.3 is 41.8 Å². The fourth-order valence-corrected chi connectivity index (χ4v) is 6.14. The predicted octanol–water partition coefficient (Wildman–Crippen LogP) is 1.39. The van der Waals surface area contributed by atoms with Crippen molar-refractivity contribution in [3.8, 4) is 5.75 Å². The van der Waals surface area contributed by atoms with Crippen molar-refractivity contribution in [3.05, 3.63) is 102 Å². The second-order valence-corrected chi connectivity index (χ2v) is 12.1. The molecule has 1 saturated heterocycles. The quantitative estimate of drug-likeness (QED) is 0.104. The average Bonchev–Trinajstić information content (AvgIpc) is 3.76. The molecular weight excluding hydrogens is 628 g/mol. The monoisotopic (exact) mass is 668 g/mol. The normalized spacial score (nSPS) is 16.0. The number of hydrogen-bond acceptors (Lipinski definition) is 7. The number of carboxylic acid groups (broad SMARTS) is 1. The van der Waals surface area contributed by atoms with Crippen LogP contribution in [0.4, 0.5) is 0 Å². The highest BCUT2D eigenvalue weighted by Gasteiger charge is 2.39. The maximum atomic E-state index is 13.9. The minimum absolute atomic E-state index is 0.0392. The zero-order valence-corrected chi connectivity index (χ0v) is 26.8. The summed E-state index contributed by atoms with van der Waals surface area (Å²) in [6, 6.07) is 18.2. The number of rotatable bonds is 14. The topological polar surface area (TPSA) is 207 Å². The molecular formula is C36H40N6O7. The molecule has 13 heteroatoms. The highest BCUT2D eigenvalue weighted by molar-refractivity contribution is 5.96. The number of H-pyrrole nitrogens is 1. The summed E-state index contributed by atoms with van der Waals surface area (Å²) in [6.45, 7) is -0.0888. The van der Waals surface area contributed by atoms with Crippen molar-refractivity contribution in [2.45, 2.75) is 56.3 Å². The summed E-state index contributed by atoms with van der Waals surface area (Å²) in [5.41, 5.74) is 8.49. The molecule has 256 valence electrons. The number of nitrogens with zero attached hydrogens (tertiary/aromatic N) is 1. The minimum atomic E-state index is -1.26. The van der Waals surface area contributed by atoms with E-state index in [9.17, 15) is 34.2 Å². The molecule has 1 aliphatic heterocycles. The third-order valence-corrected chi connectivity index (χ3v) is 8.66. The van der Waals surface area contributed by atoms with Crippen LogP contribution >= 0.6 is 0 Å². The Morgan fingerprint density at radius 1 is 0.816 bits per heavy atom. The summed E-state index contributed by atoms with van der Waals surface area (Å²) < 4.78 is 0. The number of para-hydroxylation sites is 1. The van der Waals surface area contributed by atoms with Gasteiger partial charge in [-0.1, -0.05) is 60.7 Å². The lowest BCUT2D eigenvalue weighted by molar-refractivity contribution is -0.143. The number of nitrogens with one attached hydrogen (secondary N) is 4. The Kier molecular flexibility index (Phi) is 11.3. The van der Waals surface area contributed by atoms with Crippen LogP contribution in [0.15, 0.2) is 85.1 Å². The molecule has 0 saturated carbocycles. The second kappa shape index (κ2) is 15.9. The molecule has 4 atom stereocenters. The SMILES string of the molecule is NCC(=O)N[C@H](Cc1ccc(O)cc1)C(=O)N1CCC[C@H]1C(=O)N[C@@H](Cc1c[nH]c2ccccc12)C(=O)N[C@H](Cc1ccccc1)C(=O)O. The number of hydrogen-bond donors (Lipinski definition) is 7. The van der Waals surface area contributed by atoms with Gasteiger partial charge in [0.15, 0.2) is 0 Å². The van der Waals surface area contributed by atoms with Gasteiger partial charge in [0.2, 0.25) is 23.6 Å². The maximum absolute atomic E-state index is 13.9. The Balaban J connectivity index is 1.37. The van der Waals surface area contributed by atoms with Crippen LogP contribution in [0.1, 0.15) is 29.5 Å². The smallest absolute Gasteiger partial charge is 0.326 e. The Labute approximate surface area is 282 Å². The van der Waals surface area contributed by atoms with Gasteiger partial charge in [-0.3, -0.25) is 19.2 Å². The van der Waals surface area contributed by atoms with Crippen LogP contribution in [-0.4, -0.2) is 87.0 Å². The Bertz CT molecular complexity index is 1790. The number of benzene rings is 3. The van der Waals surface area contributed by atoms with Crippen LogP contribution in [0, 0.1) is 0 Å².